The van der Waals surface area contributed by atoms with E-state index in [1.165, 1.54) is 33.7 Å². The van der Waals surface area contributed by atoms with E-state index in [2.05, 4.69) is 15.6 Å². The molecule has 0 saturated heterocycles. The maximum absolute atomic E-state index is 13.4. The molecule has 1 aromatic carbocycles. The van der Waals surface area contributed by atoms with Gasteiger partial charge >= 0.3 is 6.09 Å². The van der Waals surface area contributed by atoms with Crippen LogP contribution < -0.4 is 21.1 Å². The Morgan fingerprint density at radius 1 is 1.10 bits per heavy atom. The molecule has 1 saturated carbocycles. The highest BCUT2D eigenvalue weighted by Crippen LogP contribution is 2.27. The minimum Gasteiger partial charge on any atom is -0.443 e. The first-order valence-electron chi connectivity index (χ1n) is 12.5. The first-order chi connectivity index (χ1) is 18.5. The molecule has 1 fully saturated rings. The summed E-state index contributed by atoms with van der Waals surface area (Å²) in [6.45, 7) is 5.31. The zero-order valence-corrected chi connectivity index (χ0v) is 22.1. The number of aromatic nitrogens is 3. The van der Waals surface area contributed by atoms with Gasteiger partial charge in [0.2, 0.25) is 0 Å². The summed E-state index contributed by atoms with van der Waals surface area (Å²) in [6.07, 6.45) is 4.50. The molecule has 1 aliphatic rings. The van der Waals surface area contributed by atoms with Gasteiger partial charge in [0.1, 0.15) is 28.7 Å². The summed E-state index contributed by atoms with van der Waals surface area (Å²) in [5.41, 5.74) is 0.207. The predicted molar refractivity (Wildman–Crippen MR) is 146 cm³/mol. The largest absolute Gasteiger partial charge is 0.443 e. The normalized spacial score (nSPS) is 13.3. The lowest BCUT2D eigenvalue weighted by atomic mass is 10.2. The highest BCUT2D eigenvalue weighted by Gasteiger charge is 2.27. The van der Waals surface area contributed by atoms with Crippen molar-refractivity contribution in [3.05, 3.63) is 82.7 Å². The molecule has 0 spiro atoms. The Morgan fingerprint density at radius 3 is 2.49 bits per heavy atom. The van der Waals surface area contributed by atoms with E-state index in [1.54, 1.807) is 68.9 Å². The van der Waals surface area contributed by atoms with E-state index in [0.717, 1.165) is 12.8 Å². The SMILES string of the molecule is CN(C(=O)OC(C)(C)C)c1cc(Nc2cccn(-c3ccc(F)cc3)c2=O)nc2c(C(=O)NC3CC3)ccn12. The number of amides is 2. The van der Waals surface area contributed by atoms with Gasteiger partial charge in [0.05, 0.1) is 5.56 Å². The average molecular weight is 533 g/mol. The molecule has 4 aromatic rings. The summed E-state index contributed by atoms with van der Waals surface area (Å²) < 4.78 is 21.9. The van der Waals surface area contributed by atoms with Gasteiger partial charge in [-0.05, 0) is 76.1 Å². The van der Waals surface area contributed by atoms with Crippen LogP contribution in [0.3, 0.4) is 0 Å². The van der Waals surface area contributed by atoms with Crippen molar-refractivity contribution in [1.82, 2.24) is 19.3 Å². The summed E-state index contributed by atoms with van der Waals surface area (Å²) in [7, 11) is 1.56. The zero-order valence-electron chi connectivity index (χ0n) is 22.1. The Bertz CT molecular complexity index is 1620. The summed E-state index contributed by atoms with van der Waals surface area (Å²) in [4.78, 5) is 45.1. The highest BCUT2D eigenvalue weighted by atomic mass is 19.1. The van der Waals surface area contributed by atoms with Crippen molar-refractivity contribution in [2.24, 2.45) is 0 Å². The lowest BCUT2D eigenvalue weighted by Gasteiger charge is -2.25. The molecule has 0 aliphatic heterocycles. The minimum absolute atomic E-state index is 0.145. The van der Waals surface area contributed by atoms with Crippen LogP contribution in [-0.4, -0.2) is 44.6 Å². The lowest BCUT2D eigenvalue weighted by Crippen LogP contribution is -2.35. The molecular formula is C28H29FN6O4. The number of ether oxygens (including phenoxy) is 1. The van der Waals surface area contributed by atoms with Crippen molar-refractivity contribution < 1.29 is 18.7 Å². The highest BCUT2D eigenvalue weighted by molar-refractivity contribution is 6.01. The fourth-order valence-electron chi connectivity index (χ4n) is 4.01. The second-order valence-electron chi connectivity index (χ2n) is 10.4. The number of nitrogens with one attached hydrogen (secondary N) is 2. The number of nitrogens with zero attached hydrogens (tertiary/aromatic N) is 4. The molecule has 2 N–H and O–H groups in total. The number of hydrogen-bond acceptors (Lipinski definition) is 6. The fourth-order valence-corrected chi connectivity index (χ4v) is 4.01. The van der Waals surface area contributed by atoms with Gasteiger partial charge < -0.3 is 15.4 Å². The van der Waals surface area contributed by atoms with E-state index < -0.39 is 23.1 Å². The molecule has 5 rings (SSSR count). The van der Waals surface area contributed by atoms with Crippen molar-refractivity contribution in [3.63, 3.8) is 0 Å². The molecule has 1 aliphatic carbocycles. The molecule has 39 heavy (non-hydrogen) atoms. The number of carbonyl (C=O) groups excluding carboxylic acids is 2. The topological polar surface area (TPSA) is 110 Å². The number of rotatable bonds is 6. The molecule has 0 atom stereocenters. The zero-order chi connectivity index (χ0) is 27.9. The quantitative estimate of drug-likeness (QED) is 0.375. The number of halogens is 1. The summed E-state index contributed by atoms with van der Waals surface area (Å²) >= 11 is 0. The van der Waals surface area contributed by atoms with Crippen LogP contribution in [0.15, 0.2) is 65.7 Å². The molecule has 10 nitrogen and oxygen atoms in total. The molecule has 0 radical (unpaired) electrons. The predicted octanol–water partition coefficient (Wildman–Crippen LogP) is 4.63. The van der Waals surface area contributed by atoms with Crippen molar-refractivity contribution in [2.45, 2.75) is 45.3 Å². The van der Waals surface area contributed by atoms with Crippen molar-refractivity contribution in [3.8, 4) is 5.69 Å². The van der Waals surface area contributed by atoms with Gasteiger partial charge in [0.15, 0.2) is 5.65 Å². The van der Waals surface area contributed by atoms with Crippen LogP contribution in [0.1, 0.15) is 44.0 Å². The number of fused-ring (bicyclic) bond motifs is 1. The maximum Gasteiger partial charge on any atom is 0.415 e. The third-order valence-corrected chi connectivity index (χ3v) is 6.08. The van der Waals surface area contributed by atoms with E-state index >= 15 is 0 Å². The Morgan fingerprint density at radius 2 is 1.82 bits per heavy atom. The number of pyridine rings is 1. The number of benzene rings is 1. The Labute approximate surface area is 224 Å². The van der Waals surface area contributed by atoms with Gasteiger partial charge in [-0.1, -0.05) is 0 Å². The third-order valence-electron chi connectivity index (χ3n) is 6.08. The van der Waals surface area contributed by atoms with Crippen LogP contribution >= 0.6 is 0 Å². The van der Waals surface area contributed by atoms with Gasteiger partial charge in [0.25, 0.3) is 11.5 Å². The first kappa shape index (κ1) is 26.0. The van der Waals surface area contributed by atoms with Gasteiger partial charge in [-0.2, -0.15) is 0 Å². The molecule has 2 amide bonds. The second kappa shape index (κ2) is 9.90. The van der Waals surface area contributed by atoms with Crippen LogP contribution in [0.25, 0.3) is 11.3 Å². The van der Waals surface area contributed by atoms with Crippen molar-refractivity contribution >= 4 is 35.0 Å². The Kier molecular flexibility index (Phi) is 6.59. The van der Waals surface area contributed by atoms with Crippen molar-refractivity contribution in [2.75, 3.05) is 17.3 Å². The summed E-state index contributed by atoms with van der Waals surface area (Å²) in [5.74, 6) is -0.0686. The van der Waals surface area contributed by atoms with E-state index in [1.807, 2.05) is 0 Å². The van der Waals surface area contributed by atoms with Crippen LogP contribution in [-0.2, 0) is 4.74 Å². The lowest BCUT2D eigenvalue weighted by molar-refractivity contribution is 0.0588. The maximum atomic E-state index is 13.4. The van der Waals surface area contributed by atoms with Crippen molar-refractivity contribution in [1.29, 1.82) is 0 Å². The number of anilines is 3. The third kappa shape index (κ3) is 5.62. The van der Waals surface area contributed by atoms with Gasteiger partial charge in [-0.3, -0.25) is 23.5 Å². The first-order valence-corrected chi connectivity index (χ1v) is 12.5. The van der Waals surface area contributed by atoms with E-state index in [-0.39, 0.29) is 23.5 Å². The molecular weight excluding hydrogens is 503 g/mol. The molecule has 3 heterocycles. The number of carbonyl (C=O) groups is 2. The smallest absolute Gasteiger partial charge is 0.415 e. The molecule has 11 heteroatoms. The monoisotopic (exact) mass is 532 g/mol. The molecule has 202 valence electrons. The standard InChI is InChI=1S/C28H29FN6O4/c1-28(2,3)39-27(38)33(4)23-16-22(32-24-20(13-15-35(23)24)25(36)30-18-9-10-18)31-21-6-5-14-34(26(21)37)19-11-7-17(29)8-12-19/h5-8,11-16,18H,9-10H2,1-4H3,(H,30,36)(H,31,32). The molecule has 0 unspecified atom stereocenters. The van der Waals surface area contributed by atoms with Gasteiger partial charge in [-0.25, -0.2) is 14.2 Å². The summed E-state index contributed by atoms with van der Waals surface area (Å²) in [6, 6.07) is 12.2. The van der Waals surface area contributed by atoms with Crippen LogP contribution in [0.5, 0.6) is 0 Å². The van der Waals surface area contributed by atoms with Gasteiger partial charge in [0, 0.05) is 37.2 Å². The summed E-state index contributed by atoms with van der Waals surface area (Å²) in [5, 5.41) is 6.00. The Hall–Kier alpha value is -4.67. The minimum atomic E-state index is -0.722. The van der Waals surface area contributed by atoms with E-state index in [9.17, 15) is 18.8 Å². The number of hydrogen-bond donors (Lipinski definition) is 2. The van der Waals surface area contributed by atoms with Crippen LogP contribution in [0, 0.1) is 5.82 Å². The molecule has 0 bridgehead atoms. The van der Waals surface area contributed by atoms with Crippen LogP contribution in [0.2, 0.25) is 0 Å². The van der Waals surface area contributed by atoms with Gasteiger partial charge in [-0.15, -0.1) is 0 Å². The van der Waals surface area contributed by atoms with Crippen LogP contribution in [0.4, 0.5) is 26.5 Å². The van der Waals surface area contributed by atoms with E-state index in [0.29, 0.717) is 22.7 Å². The fraction of sp³-hybridized carbons (Fsp3) is 0.286. The average Bonchev–Trinajstić information content (AvgIpc) is 3.59. The molecule has 3 aromatic heterocycles. The second-order valence-corrected chi connectivity index (χ2v) is 10.4. The van der Waals surface area contributed by atoms with E-state index in [4.69, 9.17) is 4.74 Å². The Balaban J connectivity index is 1.57.